The van der Waals surface area contributed by atoms with Gasteiger partial charge in [0.15, 0.2) is 0 Å². The van der Waals surface area contributed by atoms with Crippen LogP contribution in [0.1, 0.15) is 40.0 Å². The molecule has 1 aliphatic rings. The predicted octanol–water partition coefficient (Wildman–Crippen LogP) is 2.06. The van der Waals surface area contributed by atoms with Crippen molar-refractivity contribution in [1.29, 1.82) is 0 Å². The Morgan fingerprint density at radius 1 is 1.43 bits per heavy atom. The Morgan fingerprint density at radius 3 is 2.43 bits per heavy atom. The third-order valence-electron chi connectivity index (χ3n) is 2.87. The van der Waals surface area contributed by atoms with Crippen LogP contribution in [0.5, 0.6) is 0 Å². The first-order valence-corrected chi connectivity index (χ1v) is 5.68. The van der Waals surface area contributed by atoms with Crippen LogP contribution in [0.15, 0.2) is 12.2 Å². The van der Waals surface area contributed by atoms with Gasteiger partial charge in [0.2, 0.25) is 0 Å². The van der Waals surface area contributed by atoms with Crippen LogP contribution in [0.2, 0.25) is 0 Å². The third-order valence-corrected chi connectivity index (χ3v) is 2.87. The van der Waals surface area contributed by atoms with Crippen LogP contribution in [0.25, 0.3) is 0 Å². The van der Waals surface area contributed by atoms with E-state index >= 15 is 0 Å². The van der Waals surface area contributed by atoms with Crippen molar-refractivity contribution in [2.45, 2.75) is 51.6 Å². The molecule has 3 N–H and O–H groups in total. The average molecular weight is 196 g/mol. The highest BCUT2D eigenvalue weighted by molar-refractivity contribution is 5.01. The third kappa shape index (κ3) is 3.43. The van der Waals surface area contributed by atoms with Crippen molar-refractivity contribution in [3.05, 3.63) is 12.2 Å². The normalized spacial score (nSPS) is 21.8. The Morgan fingerprint density at radius 2 is 2.00 bits per heavy atom. The average Bonchev–Trinajstić information content (AvgIpc) is 2.55. The minimum absolute atomic E-state index is 0.116. The molecule has 0 aromatic heterocycles. The fourth-order valence-electron chi connectivity index (χ4n) is 2.33. The summed E-state index contributed by atoms with van der Waals surface area (Å²) in [5.74, 6) is 0.699. The van der Waals surface area contributed by atoms with E-state index in [0.29, 0.717) is 12.0 Å². The summed E-state index contributed by atoms with van der Waals surface area (Å²) < 4.78 is 0. The molecule has 0 bridgehead atoms. The Hall–Kier alpha value is -0.340. The molecule has 0 fully saturated rings. The number of hydrogen-bond donors (Lipinski definition) is 2. The van der Waals surface area contributed by atoms with E-state index in [0.717, 1.165) is 25.8 Å². The van der Waals surface area contributed by atoms with Gasteiger partial charge in [-0.15, -0.1) is 0 Å². The molecule has 0 aliphatic heterocycles. The maximum atomic E-state index is 5.85. The van der Waals surface area contributed by atoms with Gasteiger partial charge in [0.05, 0.1) is 0 Å². The van der Waals surface area contributed by atoms with Crippen molar-refractivity contribution >= 4 is 0 Å². The van der Waals surface area contributed by atoms with Crippen LogP contribution >= 0.6 is 0 Å². The van der Waals surface area contributed by atoms with Crippen LogP contribution < -0.4 is 11.1 Å². The molecule has 0 amide bonds. The molecule has 0 saturated heterocycles. The van der Waals surface area contributed by atoms with Crippen LogP contribution in [0.3, 0.4) is 0 Å². The Balaban J connectivity index is 2.43. The quantitative estimate of drug-likeness (QED) is 0.661. The van der Waals surface area contributed by atoms with Crippen molar-refractivity contribution in [1.82, 2.24) is 5.32 Å². The summed E-state index contributed by atoms with van der Waals surface area (Å²) in [7, 11) is 0. The second-order valence-corrected chi connectivity index (χ2v) is 5.15. The SMILES string of the molecule is CC(C)CC(C)(CN)NC1CC=CC1. The topological polar surface area (TPSA) is 38.0 Å². The molecule has 0 heterocycles. The largest absolute Gasteiger partial charge is 0.329 e. The van der Waals surface area contributed by atoms with Gasteiger partial charge >= 0.3 is 0 Å². The summed E-state index contributed by atoms with van der Waals surface area (Å²) in [6.07, 6.45) is 7.98. The van der Waals surface area contributed by atoms with Crippen molar-refractivity contribution in [2.75, 3.05) is 6.54 Å². The minimum Gasteiger partial charge on any atom is -0.329 e. The van der Waals surface area contributed by atoms with Crippen LogP contribution in [-0.4, -0.2) is 18.1 Å². The fraction of sp³-hybridized carbons (Fsp3) is 0.833. The molecule has 0 spiro atoms. The van der Waals surface area contributed by atoms with E-state index in [-0.39, 0.29) is 5.54 Å². The molecule has 1 aliphatic carbocycles. The van der Waals surface area contributed by atoms with Gasteiger partial charge in [0.1, 0.15) is 0 Å². The second kappa shape index (κ2) is 4.94. The highest BCUT2D eigenvalue weighted by Crippen LogP contribution is 2.19. The molecule has 1 unspecified atom stereocenters. The van der Waals surface area contributed by atoms with E-state index in [1.807, 2.05) is 0 Å². The van der Waals surface area contributed by atoms with Gasteiger partial charge in [-0.2, -0.15) is 0 Å². The summed E-state index contributed by atoms with van der Waals surface area (Å²) in [6, 6.07) is 0.613. The molecule has 1 rings (SSSR count). The van der Waals surface area contributed by atoms with Crippen molar-refractivity contribution in [3.63, 3.8) is 0 Å². The summed E-state index contributed by atoms with van der Waals surface area (Å²) in [4.78, 5) is 0. The molecule has 82 valence electrons. The molecule has 0 aromatic rings. The van der Waals surface area contributed by atoms with Crippen molar-refractivity contribution < 1.29 is 0 Å². The van der Waals surface area contributed by atoms with E-state index in [1.54, 1.807) is 0 Å². The molecule has 14 heavy (non-hydrogen) atoms. The number of hydrogen-bond acceptors (Lipinski definition) is 2. The Kier molecular flexibility index (Phi) is 4.14. The van der Waals surface area contributed by atoms with Gasteiger partial charge in [-0.25, -0.2) is 0 Å². The van der Waals surface area contributed by atoms with E-state index < -0.39 is 0 Å². The van der Waals surface area contributed by atoms with Crippen LogP contribution in [-0.2, 0) is 0 Å². The molecular formula is C12H24N2. The van der Waals surface area contributed by atoms with Gasteiger partial charge in [-0.05, 0) is 32.1 Å². The van der Waals surface area contributed by atoms with E-state index in [2.05, 4.69) is 38.2 Å². The lowest BCUT2D eigenvalue weighted by molar-refractivity contribution is 0.269. The number of rotatable bonds is 5. The molecule has 1 atom stereocenters. The standard InChI is InChI=1S/C12H24N2/c1-10(2)8-12(3,9-13)14-11-6-4-5-7-11/h4-5,10-11,14H,6-9,13H2,1-3H3. The highest BCUT2D eigenvalue weighted by Gasteiger charge is 2.26. The zero-order valence-electron chi connectivity index (χ0n) is 9.72. The van der Waals surface area contributed by atoms with Gasteiger partial charge in [-0.3, -0.25) is 0 Å². The summed E-state index contributed by atoms with van der Waals surface area (Å²) in [5, 5.41) is 3.69. The maximum absolute atomic E-state index is 5.85. The second-order valence-electron chi connectivity index (χ2n) is 5.15. The van der Waals surface area contributed by atoms with Gasteiger partial charge in [0, 0.05) is 18.1 Å². The molecule has 0 aromatic carbocycles. The molecule has 2 heteroatoms. The Labute approximate surface area is 87.9 Å². The summed E-state index contributed by atoms with van der Waals surface area (Å²) >= 11 is 0. The maximum Gasteiger partial charge on any atom is 0.0280 e. The molecule has 0 radical (unpaired) electrons. The summed E-state index contributed by atoms with van der Waals surface area (Å²) in [6.45, 7) is 7.47. The van der Waals surface area contributed by atoms with E-state index in [4.69, 9.17) is 5.73 Å². The zero-order chi connectivity index (χ0) is 10.6. The predicted molar refractivity (Wildman–Crippen MR) is 62.2 cm³/mol. The van der Waals surface area contributed by atoms with Crippen LogP contribution in [0, 0.1) is 5.92 Å². The minimum atomic E-state index is 0.116. The lowest BCUT2D eigenvalue weighted by Gasteiger charge is -2.34. The van der Waals surface area contributed by atoms with Gasteiger partial charge in [-0.1, -0.05) is 26.0 Å². The molecule has 2 nitrogen and oxygen atoms in total. The van der Waals surface area contributed by atoms with Crippen molar-refractivity contribution in [2.24, 2.45) is 11.7 Å². The van der Waals surface area contributed by atoms with E-state index in [9.17, 15) is 0 Å². The van der Waals surface area contributed by atoms with E-state index in [1.165, 1.54) is 0 Å². The lowest BCUT2D eigenvalue weighted by atomic mass is 9.89. The highest BCUT2D eigenvalue weighted by atomic mass is 15.0. The van der Waals surface area contributed by atoms with Gasteiger partial charge in [0.25, 0.3) is 0 Å². The first-order valence-electron chi connectivity index (χ1n) is 5.68. The fourth-order valence-corrected chi connectivity index (χ4v) is 2.33. The molecular weight excluding hydrogens is 172 g/mol. The Bertz CT molecular complexity index is 190. The number of nitrogens with two attached hydrogens (primary N) is 1. The first kappa shape index (κ1) is 11.7. The monoisotopic (exact) mass is 196 g/mol. The lowest BCUT2D eigenvalue weighted by Crippen LogP contribution is -2.53. The van der Waals surface area contributed by atoms with Crippen molar-refractivity contribution in [3.8, 4) is 0 Å². The zero-order valence-corrected chi connectivity index (χ0v) is 9.72. The van der Waals surface area contributed by atoms with Gasteiger partial charge < -0.3 is 11.1 Å². The molecule has 0 saturated carbocycles. The smallest absolute Gasteiger partial charge is 0.0280 e. The van der Waals surface area contributed by atoms with Crippen LogP contribution in [0.4, 0.5) is 0 Å². The summed E-state index contributed by atoms with van der Waals surface area (Å²) in [5.41, 5.74) is 5.97. The number of nitrogens with one attached hydrogen (secondary N) is 1. The first-order chi connectivity index (χ1) is 6.56.